The third-order valence-corrected chi connectivity index (χ3v) is 7.63. The molecule has 4 fully saturated rings. The van der Waals surface area contributed by atoms with E-state index in [9.17, 15) is 14.4 Å². The summed E-state index contributed by atoms with van der Waals surface area (Å²) in [6.45, 7) is 3.80. The lowest BCUT2D eigenvalue weighted by Gasteiger charge is -2.40. The SMILES string of the molecule is O=C(C1CCN(C(=O)[C@H]2CCC(=O)N(C3CCCCCC3)C2)CC1)N1CCCC1. The molecule has 3 aliphatic heterocycles. The fourth-order valence-corrected chi connectivity index (χ4v) is 5.80. The van der Waals surface area contributed by atoms with E-state index in [2.05, 4.69) is 0 Å². The predicted molar refractivity (Wildman–Crippen MR) is 111 cm³/mol. The van der Waals surface area contributed by atoms with Crippen molar-refractivity contribution in [3.05, 3.63) is 0 Å². The van der Waals surface area contributed by atoms with Crippen LogP contribution >= 0.6 is 0 Å². The molecule has 0 aromatic rings. The number of hydrogen-bond acceptors (Lipinski definition) is 3. The largest absolute Gasteiger partial charge is 0.342 e. The van der Waals surface area contributed by atoms with Crippen LogP contribution < -0.4 is 0 Å². The average molecular weight is 404 g/mol. The molecule has 0 aromatic carbocycles. The van der Waals surface area contributed by atoms with E-state index in [1.54, 1.807) is 0 Å². The maximum absolute atomic E-state index is 13.2. The normalized spacial score (nSPS) is 27.9. The molecule has 162 valence electrons. The van der Waals surface area contributed by atoms with E-state index in [4.69, 9.17) is 0 Å². The number of rotatable bonds is 3. The molecule has 0 aromatic heterocycles. The van der Waals surface area contributed by atoms with Crippen molar-refractivity contribution in [1.29, 1.82) is 0 Å². The van der Waals surface area contributed by atoms with Crippen molar-refractivity contribution in [2.75, 3.05) is 32.7 Å². The van der Waals surface area contributed by atoms with Gasteiger partial charge in [-0.1, -0.05) is 25.7 Å². The van der Waals surface area contributed by atoms with Gasteiger partial charge in [0.25, 0.3) is 0 Å². The lowest BCUT2D eigenvalue weighted by molar-refractivity contribution is -0.147. The van der Waals surface area contributed by atoms with Crippen molar-refractivity contribution >= 4 is 17.7 Å². The van der Waals surface area contributed by atoms with Crippen LogP contribution in [0.1, 0.15) is 77.0 Å². The van der Waals surface area contributed by atoms with Gasteiger partial charge >= 0.3 is 0 Å². The Bertz CT molecular complexity index is 600. The van der Waals surface area contributed by atoms with E-state index in [0.717, 1.165) is 51.6 Å². The minimum absolute atomic E-state index is 0.0539. The number of carbonyl (C=O) groups excluding carboxylic acids is 3. The van der Waals surface area contributed by atoms with Crippen molar-refractivity contribution in [3.8, 4) is 0 Å². The number of hydrogen-bond donors (Lipinski definition) is 0. The standard InChI is InChI=1S/C23H37N3O3/c27-21-10-9-19(17-26(21)20-7-3-1-2-4-8-20)23(29)25-15-11-18(12-16-25)22(28)24-13-5-6-14-24/h18-20H,1-17H2/t19-/m0/s1. The molecule has 1 atom stereocenters. The Morgan fingerprint density at radius 1 is 0.655 bits per heavy atom. The molecule has 6 heteroatoms. The third-order valence-electron chi connectivity index (χ3n) is 7.63. The van der Waals surface area contributed by atoms with Crippen LogP contribution in [0.2, 0.25) is 0 Å². The Hall–Kier alpha value is -1.59. The number of amides is 3. The Labute approximate surface area is 175 Å². The van der Waals surface area contributed by atoms with E-state index >= 15 is 0 Å². The lowest BCUT2D eigenvalue weighted by atomic mass is 9.90. The van der Waals surface area contributed by atoms with Crippen LogP contribution in [0, 0.1) is 11.8 Å². The summed E-state index contributed by atoms with van der Waals surface area (Å²) in [5.41, 5.74) is 0. The average Bonchev–Trinajstić information content (AvgIpc) is 3.16. The topological polar surface area (TPSA) is 60.9 Å². The summed E-state index contributed by atoms with van der Waals surface area (Å²) in [5, 5.41) is 0. The molecule has 4 aliphatic rings. The number of likely N-dealkylation sites (tertiary alicyclic amines) is 3. The van der Waals surface area contributed by atoms with Crippen molar-refractivity contribution in [2.24, 2.45) is 11.8 Å². The molecule has 0 spiro atoms. The molecule has 1 saturated carbocycles. The van der Waals surface area contributed by atoms with Gasteiger partial charge in [0.2, 0.25) is 17.7 Å². The quantitative estimate of drug-likeness (QED) is 0.681. The molecule has 3 heterocycles. The Morgan fingerprint density at radius 2 is 1.24 bits per heavy atom. The van der Waals surface area contributed by atoms with Crippen LogP contribution in [0.5, 0.6) is 0 Å². The van der Waals surface area contributed by atoms with Crippen LogP contribution in [0.25, 0.3) is 0 Å². The third kappa shape index (κ3) is 4.77. The number of carbonyl (C=O) groups is 3. The van der Waals surface area contributed by atoms with Gasteiger partial charge in [0, 0.05) is 51.1 Å². The molecule has 3 saturated heterocycles. The van der Waals surface area contributed by atoms with Gasteiger partial charge in [0.05, 0.1) is 5.92 Å². The summed E-state index contributed by atoms with van der Waals surface area (Å²) in [6.07, 6.45) is 12.2. The summed E-state index contributed by atoms with van der Waals surface area (Å²) in [7, 11) is 0. The number of piperidine rings is 2. The Kier molecular flexibility index (Phi) is 6.76. The molecule has 0 bridgehead atoms. The zero-order valence-corrected chi connectivity index (χ0v) is 17.8. The first-order valence-corrected chi connectivity index (χ1v) is 12.0. The highest BCUT2D eigenvalue weighted by atomic mass is 16.2. The highest BCUT2D eigenvalue weighted by Crippen LogP contribution is 2.29. The summed E-state index contributed by atoms with van der Waals surface area (Å²) in [4.78, 5) is 44.4. The van der Waals surface area contributed by atoms with E-state index in [1.165, 1.54) is 25.7 Å². The van der Waals surface area contributed by atoms with Crippen LogP contribution in [-0.2, 0) is 14.4 Å². The zero-order chi connectivity index (χ0) is 20.2. The van der Waals surface area contributed by atoms with E-state index in [-0.39, 0.29) is 23.7 Å². The van der Waals surface area contributed by atoms with Crippen molar-refractivity contribution in [2.45, 2.75) is 83.1 Å². The van der Waals surface area contributed by atoms with E-state index < -0.39 is 0 Å². The maximum Gasteiger partial charge on any atom is 0.227 e. The first-order chi connectivity index (χ1) is 14.1. The van der Waals surface area contributed by atoms with Gasteiger partial charge < -0.3 is 14.7 Å². The highest BCUT2D eigenvalue weighted by molar-refractivity contribution is 5.84. The van der Waals surface area contributed by atoms with Crippen LogP contribution in [0.4, 0.5) is 0 Å². The zero-order valence-electron chi connectivity index (χ0n) is 17.8. The van der Waals surface area contributed by atoms with Crippen molar-refractivity contribution < 1.29 is 14.4 Å². The molecular formula is C23H37N3O3. The second kappa shape index (κ2) is 9.48. The molecular weight excluding hydrogens is 366 g/mol. The van der Waals surface area contributed by atoms with Gasteiger partial charge in [0.15, 0.2) is 0 Å². The Balaban J connectivity index is 1.30. The van der Waals surface area contributed by atoms with Gasteiger partial charge in [0.1, 0.15) is 0 Å². The molecule has 0 unspecified atom stereocenters. The fourth-order valence-electron chi connectivity index (χ4n) is 5.80. The molecule has 4 rings (SSSR count). The van der Waals surface area contributed by atoms with Crippen molar-refractivity contribution in [1.82, 2.24) is 14.7 Å². The second-order valence-electron chi connectivity index (χ2n) is 9.56. The van der Waals surface area contributed by atoms with Gasteiger partial charge in [-0.15, -0.1) is 0 Å². The predicted octanol–water partition coefficient (Wildman–Crippen LogP) is 2.81. The molecule has 6 nitrogen and oxygen atoms in total. The molecule has 0 N–H and O–H groups in total. The fraction of sp³-hybridized carbons (Fsp3) is 0.870. The monoisotopic (exact) mass is 403 g/mol. The second-order valence-corrected chi connectivity index (χ2v) is 9.56. The van der Waals surface area contributed by atoms with Crippen LogP contribution in [-0.4, -0.2) is 71.2 Å². The highest BCUT2D eigenvalue weighted by Gasteiger charge is 2.38. The Morgan fingerprint density at radius 3 is 1.90 bits per heavy atom. The minimum atomic E-state index is -0.0539. The van der Waals surface area contributed by atoms with Crippen LogP contribution in [0.15, 0.2) is 0 Å². The smallest absolute Gasteiger partial charge is 0.227 e. The van der Waals surface area contributed by atoms with E-state index in [1.807, 2.05) is 14.7 Å². The van der Waals surface area contributed by atoms with Gasteiger partial charge in [-0.05, 0) is 44.9 Å². The van der Waals surface area contributed by atoms with Gasteiger partial charge in [-0.25, -0.2) is 0 Å². The summed E-state index contributed by atoms with van der Waals surface area (Å²) < 4.78 is 0. The first kappa shape index (κ1) is 20.7. The van der Waals surface area contributed by atoms with Crippen molar-refractivity contribution in [3.63, 3.8) is 0 Å². The summed E-state index contributed by atoms with van der Waals surface area (Å²) in [6, 6.07) is 0.337. The van der Waals surface area contributed by atoms with Crippen LogP contribution in [0.3, 0.4) is 0 Å². The van der Waals surface area contributed by atoms with E-state index in [0.29, 0.717) is 44.4 Å². The molecule has 0 radical (unpaired) electrons. The summed E-state index contributed by atoms with van der Waals surface area (Å²) in [5.74, 6) is 0.797. The molecule has 1 aliphatic carbocycles. The maximum atomic E-state index is 13.2. The molecule has 29 heavy (non-hydrogen) atoms. The summed E-state index contributed by atoms with van der Waals surface area (Å²) >= 11 is 0. The van der Waals surface area contributed by atoms with Gasteiger partial charge in [-0.3, -0.25) is 14.4 Å². The lowest BCUT2D eigenvalue weighted by Crippen LogP contribution is -2.52. The first-order valence-electron chi connectivity index (χ1n) is 12.0. The van der Waals surface area contributed by atoms with Gasteiger partial charge in [-0.2, -0.15) is 0 Å². The number of nitrogens with zero attached hydrogens (tertiary/aromatic N) is 3. The molecule has 3 amide bonds. The minimum Gasteiger partial charge on any atom is -0.342 e.